The highest BCUT2D eigenvalue weighted by molar-refractivity contribution is 7.90. The monoisotopic (exact) mass is 448 g/mol. The summed E-state index contributed by atoms with van der Waals surface area (Å²) in [6.45, 7) is 1.42. The van der Waals surface area contributed by atoms with Crippen LogP contribution in [0.15, 0.2) is 34.2 Å². The summed E-state index contributed by atoms with van der Waals surface area (Å²) in [6, 6.07) is 6.79. The first-order valence-electron chi connectivity index (χ1n) is 11.2. The summed E-state index contributed by atoms with van der Waals surface area (Å²) in [4.78, 5) is 28.6. The Morgan fingerprint density at radius 2 is 1.74 bits per heavy atom. The van der Waals surface area contributed by atoms with Crippen LogP contribution in [0.5, 0.6) is 0 Å². The summed E-state index contributed by atoms with van der Waals surface area (Å²) in [6.07, 6.45) is 8.21. The molecule has 31 heavy (non-hydrogen) atoms. The van der Waals surface area contributed by atoms with Crippen LogP contribution in [-0.4, -0.2) is 45.7 Å². The van der Waals surface area contributed by atoms with Crippen molar-refractivity contribution in [1.82, 2.24) is 15.4 Å². The van der Waals surface area contributed by atoms with Crippen LogP contribution < -0.4 is 15.4 Å². The van der Waals surface area contributed by atoms with Crippen molar-refractivity contribution in [3.8, 4) is 0 Å². The number of sulfonamides is 1. The predicted octanol–water partition coefficient (Wildman–Crippen LogP) is 2.10. The number of hydrogen-bond acceptors (Lipinski definition) is 5. The number of fused-ring (bicyclic) bond motifs is 1. The van der Waals surface area contributed by atoms with Crippen LogP contribution >= 0.6 is 0 Å². The highest BCUT2D eigenvalue weighted by atomic mass is 32.2. The van der Waals surface area contributed by atoms with Crippen LogP contribution in [0, 0.1) is 5.92 Å². The van der Waals surface area contributed by atoms with E-state index in [-0.39, 0.29) is 22.6 Å². The summed E-state index contributed by atoms with van der Waals surface area (Å²) in [7, 11) is -3.50. The lowest BCUT2D eigenvalue weighted by atomic mass is 9.89. The number of benzene rings is 1. The van der Waals surface area contributed by atoms with Crippen LogP contribution in [0.2, 0.25) is 0 Å². The van der Waals surface area contributed by atoms with Gasteiger partial charge in [-0.15, -0.1) is 0 Å². The topological polar surface area (TPSA) is 117 Å². The quantitative estimate of drug-likeness (QED) is 0.475. The van der Waals surface area contributed by atoms with E-state index in [1.165, 1.54) is 6.42 Å². The second-order valence-electron chi connectivity index (χ2n) is 8.12. The zero-order valence-corrected chi connectivity index (χ0v) is 18.7. The molecule has 0 bridgehead atoms. The molecule has 0 unspecified atom stereocenters. The first kappa shape index (κ1) is 23.2. The number of unbranched alkanes of at least 4 members (excludes halogenated alkanes) is 2. The van der Waals surface area contributed by atoms with Crippen LogP contribution in [0.3, 0.4) is 0 Å². The number of amides is 2. The minimum absolute atomic E-state index is 0.0179. The number of rotatable bonds is 10. The summed E-state index contributed by atoms with van der Waals surface area (Å²) in [5.41, 5.74) is 0.609. The number of amidine groups is 1. The third kappa shape index (κ3) is 6.78. The normalized spacial score (nSPS) is 18.9. The van der Waals surface area contributed by atoms with Gasteiger partial charge in [0.15, 0.2) is 0 Å². The number of nitrogens with zero attached hydrogens (tertiary/aromatic N) is 1. The zero-order valence-electron chi connectivity index (χ0n) is 17.9. The first-order chi connectivity index (χ1) is 15.0. The fraction of sp³-hybridized carbons (Fsp3) is 0.591. The van der Waals surface area contributed by atoms with Crippen molar-refractivity contribution in [3.63, 3.8) is 0 Å². The van der Waals surface area contributed by atoms with Gasteiger partial charge in [-0.25, -0.2) is 8.42 Å². The van der Waals surface area contributed by atoms with Gasteiger partial charge < -0.3 is 10.6 Å². The Morgan fingerprint density at radius 3 is 2.55 bits per heavy atom. The van der Waals surface area contributed by atoms with E-state index in [0.29, 0.717) is 37.5 Å². The average Bonchev–Trinajstić information content (AvgIpc) is 3.04. The summed E-state index contributed by atoms with van der Waals surface area (Å²) >= 11 is 0. The van der Waals surface area contributed by atoms with Gasteiger partial charge in [0.2, 0.25) is 11.8 Å². The van der Waals surface area contributed by atoms with E-state index in [1.54, 1.807) is 24.3 Å². The first-order valence-corrected chi connectivity index (χ1v) is 12.7. The largest absolute Gasteiger partial charge is 0.354 e. The molecular formula is C22H32N4O4S. The second-order valence-corrected chi connectivity index (χ2v) is 9.77. The molecule has 1 saturated carbocycles. The molecular weight excluding hydrogens is 416 g/mol. The van der Waals surface area contributed by atoms with Crippen molar-refractivity contribution in [3.05, 3.63) is 29.8 Å². The van der Waals surface area contributed by atoms with E-state index < -0.39 is 10.0 Å². The molecule has 0 radical (unpaired) electrons. The lowest BCUT2D eigenvalue weighted by Crippen LogP contribution is -2.38. The predicted molar refractivity (Wildman–Crippen MR) is 119 cm³/mol. The van der Waals surface area contributed by atoms with Gasteiger partial charge in [-0.3, -0.25) is 19.3 Å². The molecule has 2 aliphatic rings. The van der Waals surface area contributed by atoms with E-state index in [9.17, 15) is 18.0 Å². The molecule has 1 aliphatic heterocycles. The van der Waals surface area contributed by atoms with Crippen molar-refractivity contribution < 1.29 is 18.0 Å². The molecule has 3 N–H and O–H groups in total. The van der Waals surface area contributed by atoms with Crippen LogP contribution in [0.1, 0.15) is 63.4 Å². The fourth-order valence-electron chi connectivity index (χ4n) is 4.00. The highest BCUT2D eigenvalue weighted by Crippen LogP contribution is 2.23. The molecule has 170 valence electrons. The maximum absolute atomic E-state index is 12.0. The average molecular weight is 449 g/mol. The molecule has 1 aromatic rings. The third-order valence-electron chi connectivity index (χ3n) is 5.72. The van der Waals surface area contributed by atoms with Gasteiger partial charge in [0.1, 0.15) is 5.84 Å². The van der Waals surface area contributed by atoms with Gasteiger partial charge in [0.25, 0.3) is 10.0 Å². The van der Waals surface area contributed by atoms with Gasteiger partial charge in [-0.1, -0.05) is 37.8 Å². The van der Waals surface area contributed by atoms with Gasteiger partial charge in [0.05, 0.1) is 4.90 Å². The van der Waals surface area contributed by atoms with Gasteiger partial charge in [0, 0.05) is 37.5 Å². The molecule has 2 amide bonds. The summed E-state index contributed by atoms with van der Waals surface area (Å²) < 4.78 is 26.6. The Morgan fingerprint density at radius 1 is 1.00 bits per heavy atom. The van der Waals surface area contributed by atoms with E-state index in [4.69, 9.17) is 0 Å². The highest BCUT2D eigenvalue weighted by Gasteiger charge is 2.29. The lowest BCUT2D eigenvalue weighted by Gasteiger charge is -2.20. The molecule has 1 aromatic carbocycles. The molecule has 9 heteroatoms. The molecule has 1 fully saturated rings. The fourth-order valence-corrected chi connectivity index (χ4v) is 5.25. The van der Waals surface area contributed by atoms with Crippen molar-refractivity contribution in [2.45, 2.75) is 62.7 Å². The molecule has 8 nitrogen and oxygen atoms in total. The number of hydrogen-bond donors (Lipinski definition) is 3. The van der Waals surface area contributed by atoms with Crippen molar-refractivity contribution in [2.24, 2.45) is 10.9 Å². The lowest BCUT2D eigenvalue weighted by molar-refractivity contribution is -0.126. The Bertz CT molecular complexity index is 908. The van der Waals surface area contributed by atoms with E-state index in [2.05, 4.69) is 20.3 Å². The number of aliphatic imine (C=N–C) groups is 1. The standard InChI is InChI=1S/C22H32N4O4S/c27-20(23-15-16-25-22(28)17-9-3-1-4-10-17)13-5-2-8-14-24-21-18-11-6-7-12-19(18)31(29,30)26-21/h6-7,11-12,17H,1-5,8-10,13-16H2,(H,23,27)(H,24,26)(H,25,28). The Hall–Kier alpha value is -2.42. The number of nitrogens with one attached hydrogen (secondary N) is 3. The molecule has 1 aliphatic carbocycles. The Balaban J connectivity index is 1.25. The molecule has 3 rings (SSSR count). The molecule has 0 spiro atoms. The number of carbonyl (C=O) groups excluding carboxylic acids is 2. The zero-order chi connectivity index (χ0) is 22.1. The Labute approximate surface area is 184 Å². The van der Waals surface area contributed by atoms with Crippen molar-refractivity contribution in [1.29, 1.82) is 0 Å². The van der Waals surface area contributed by atoms with Crippen LogP contribution in [0.4, 0.5) is 0 Å². The van der Waals surface area contributed by atoms with Gasteiger partial charge in [-0.05, 0) is 37.8 Å². The van der Waals surface area contributed by atoms with E-state index in [1.807, 2.05) is 0 Å². The van der Waals surface area contributed by atoms with Gasteiger partial charge in [-0.2, -0.15) is 0 Å². The molecule has 1 heterocycles. The maximum Gasteiger partial charge on any atom is 0.263 e. The minimum atomic E-state index is -3.50. The maximum atomic E-state index is 12.0. The second kappa shape index (κ2) is 11.3. The third-order valence-corrected chi connectivity index (χ3v) is 7.11. The summed E-state index contributed by atoms with van der Waals surface area (Å²) in [5, 5.41) is 5.75. The summed E-state index contributed by atoms with van der Waals surface area (Å²) in [5.74, 6) is 0.628. The van der Waals surface area contributed by atoms with Crippen LogP contribution in [0.25, 0.3) is 0 Å². The Kier molecular flexibility index (Phi) is 8.45. The van der Waals surface area contributed by atoms with Crippen molar-refractivity contribution >= 4 is 27.7 Å². The van der Waals surface area contributed by atoms with E-state index in [0.717, 1.165) is 44.9 Å². The molecule has 0 saturated heterocycles. The number of carbonyl (C=O) groups is 2. The van der Waals surface area contributed by atoms with Crippen LogP contribution in [-0.2, 0) is 19.6 Å². The van der Waals surface area contributed by atoms with Gasteiger partial charge >= 0.3 is 0 Å². The van der Waals surface area contributed by atoms with Crippen molar-refractivity contribution in [2.75, 3.05) is 19.6 Å². The molecule has 0 atom stereocenters. The van der Waals surface area contributed by atoms with E-state index >= 15 is 0 Å². The smallest absolute Gasteiger partial charge is 0.263 e. The minimum Gasteiger partial charge on any atom is -0.354 e. The molecule has 0 aromatic heterocycles. The SMILES string of the molecule is O=C(CCCCCN=C1NS(=O)(=O)c2ccccc21)NCCNC(=O)C1CCCCC1.